The molecule has 4 fully saturated rings. The van der Waals surface area contributed by atoms with Crippen LogP contribution in [0.2, 0.25) is 0 Å². The van der Waals surface area contributed by atoms with E-state index in [0.29, 0.717) is 28.5 Å². The zero-order valence-electron chi connectivity index (χ0n) is 16.6. The molecule has 2 aromatic heterocycles. The predicted octanol–water partition coefficient (Wildman–Crippen LogP) is 3.04. The molecule has 3 saturated carbocycles. The van der Waals surface area contributed by atoms with E-state index in [9.17, 15) is 8.78 Å². The van der Waals surface area contributed by atoms with Gasteiger partial charge in [0.2, 0.25) is 0 Å². The van der Waals surface area contributed by atoms with E-state index >= 15 is 0 Å². The quantitative estimate of drug-likeness (QED) is 0.759. The molecule has 0 amide bonds. The topological polar surface area (TPSA) is 50.1 Å². The van der Waals surface area contributed by atoms with Crippen LogP contribution in [-0.4, -0.2) is 63.3 Å². The van der Waals surface area contributed by atoms with Gasteiger partial charge in [-0.2, -0.15) is 5.10 Å². The van der Waals surface area contributed by atoms with Crippen LogP contribution in [0.15, 0.2) is 12.4 Å². The molecule has 0 unspecified atom stereocenters. The summed E-state index contributed by atoms with van der Waals surface area (Å²) in [6.45, 7) is 4.82. The highest BCUT2D eigenvalue weighted by Gasteiger charge is 2.58. The fraction of sp³-hybridized carbons (Fsp3) is 0.750. The maximum Gasteiger partial charge on any atom is 0.258 e. The van der Waals surface area contributed by atoms with E-state index < -0.39 is 13.0 Å². The molecule has 0 radical (unpaired) electrons. The van der Waals surface area contributed by atoms with Crippen molar-refractivity contribution in [3.05, 3.63) is 12.4 Å². The number of fused-ring (bicyclic) bond motifs is 1. The first kappa shape index (κ1) is 18.2. The third-order valence-electron chi connectivity index (χ3n) is 7.06. The Morgan fingerprint density at radius 2 is 2.04 bits per heavy atom. The van der Waals surface area contributed by atoms with Gasteiger partial charge in [0.1, 0.15) is 17.9 Å². The van der Waals surface area contributed by atoms with Crippen molar-refractivity contribution in [1.29, 1.82) is 0 Å². The number of hydrogen-bond acceptors (Lipinski definition) is 5. The molecule has 6 rings (SSSR count). The van der Waals surface area contributed by atoms with Gasteiger partial charge in [-0.3, -0.25) is 0 Å². The third-order valence-corrected chi connectivity index (χ3v) is 7.06. The molecule has 0 spiro atoms. The molecule has 28 heavy (non-hydrogen) atoms. The Morgan fingerprint density at radius 3 is 2.71 bits per heavy atom. The molecule has 1 aliphatic heterocycles. The average molecular weight is 390 g/mol. The second-order valence-corrected chi connectivity index (χ2v) is 9.35. The summed E-state index contributed by atoms with van der Waals surface area (Å²) in [6, 6.07) is 0. The van der Waals surface area contributed by atoms with Crippen molar-refractivity contribution in [2.45, 2.75) is 51.1 Å². The highest BCUT2D eigenvalue weighted by Crippen LogP contribution is 2.60. The van der Waals surface area contributed by atoms with Gasteiger partial charge in [0.25, 0.3) is 6.43 Å². The Kier molecular flexibility index (Phi) is 4.30. The van der Waals surface area contributed by atoms with Crippen molar-refractivity contribution >= 4 is 17.0 Å². The largest absolute Gasteiger partial charge is 0.355 e. The Bertz CT molecular complexity index is 850. The standard InChI is InChI=1S/C20H28F2N6/c1-13-3-14(10-26(2)20-4-15(5-20)6-20)11-27(9-13)18-8-23-16-7-24-28(12-17(21)22)19(16)25-18/h7-8,13-15,17H,3-6,9-12H2,1-2H3/t13-,14-,15?,20?/m1/s1. The molecule has 2 atom stereocenters. The molecule has 3 aliphatic carbocycles. The van der Waals surface area contributed by atoms with Gasteiger partial charge in [0.15, 0.2) is 5.65 Å². The molecule has 0 aromatic carbocycles. The van der Waals surface area contributed by atoms with Crippen LogP contribution < -0.4 is 4.90 Å². The highest BCUT2D eigenvalue weighted by molar-refractivity contribution is 5.71. The second-order valence-electron chi connectivity index (χ2n) is 9.35. The third kappa shape index (κ3) is 3.06. The van der Waals surface area contributed by atoms with Crippen LogP contribution in [0.4, 0.5) is 14.6 Å². The van der Waals surface area contributed by atoms with Crippen molar-refractivity contribution < 1.29 is 8.78 Å². The number of rotatable bonds is 6. The van der Waals surface area contributed by atoms with E-state index in [1.165, 1.54) is 36.6 Å². The minimum absolute atomic E-state index is 0.443. The zero-order chi connectivity index (χ0) is 19.5. The molecule has 6 nitrogen and oxygen atoms in total. The number of alkyl halides is 2. The lowest BCUT2D eigenvalue weighted by molar-refractivity contribution is -0.137. The van der Waals surface area contributed by atoms with Gasteiger partial charge in [0.05, 0.1) is 12.4 Å². The van der Waals surface area contributed by atoms with Gasteiger partial charge in [-0.05, 0) is 50.5 Å². The Labute approximate surface area is 163 Å². The first-order valence-corrected chi connectivity index (χ1v) is 10.3. The lowest BCUT2D eigenvalue weighted by Crippen LogP contribution is -2.68. The van der Waals surface area contributed by atoms with Crippen LogP contribution >= 0.6 is 0 Å². The number of anilines is 1. The van der Waals surface area contributed by atoms with Crippen molar-refractivity contribution in [1.82, 2.24) is 24.6 Å². The van der Waals surface area contributed by atoms with E-state index in [4.69, 9.17) is 0 Å². The van der Waals surface area contributed by atoms with Crippen LogP contribution in [0.5, 0.6) is 0 Å². The highest BCUT2D eigenvalue weighted by atomic mass is 19.3. The first-order chi connectivity index (χ1) is 13.4. The monoisotopic (exact) mass is 390 g/mol. The number of piperidine rings is 1. The van der Waals surface area contributed by atoms with E-state index in [-0.39, 0.29) is 0 Å². The molecular weight excluding hydrogens is 362 g/mol. The second kappa shape index (κ2) is 6.61. The Balaban J connectivity index is 1.33. The minimum atomic E-state index is -2.46. The summed E-state index contributed by atoms with van der Waals surface area (Å²) in [5.74, 6) is 2.92. The summed E-state index contributed by atoms with van der Waals surface area (Å²) in [7, 11) is 2.29. The van der Waals surface area contributed by atoms with Gasteiger partial charge >= 0.3 is 0 Å². The SMILES string of the molecule is C[C@@H]1C[C@H](CN(C)C23CC(C2)C3)CN(c2cnc3cnn(CC(F)F)c3n2)C1. The Hall–Kier alpha value is -1.83. The Morgan fingerprint density at radius 1 is 1.25 bits per heavy atom. The summed E-state index contributed by atoms with van der Waals surface area (Å²) >= 11 is 0. The maximum absolute atomic E-state index is 12.8. The number of hydrogen-bond donors (Lipinski definition) is 0. The fourth-order valence-electron chi connectivity index (χ4n) is 5.54. The van der Waals surface area contributed by atoms with Crippen LogP contribution in [0.3, 0.4) is 0 Å². The van der Waals surface area contributed by atoms with Crippen LogP contribution in [0, 0.1) is 17.8 Å². The number of nitrogens with zero attached hydrogens (tertiary/aromatic N) is 6. The van der Waals surface area contributed by atoms with Crippen LogP contribution in [0.25, 0.3) is 11.2 Å². The first-order valence-electron chi connectivity index (χ1n) is 10.3. The molecule has 2 bridgehead atoms. The molecule has 2 aromatic rings. The molecule has 0 N–H and O–H groups in total. The van der Waals surface area contributed by atoms with Gasteiger partial charge in [-0.15, -0.1) is 0 Å². The van der Waals surface area contributed by atoms with Crippen molar-refractivity contribution in [2.24, 2.45) is 17.8 Å². The number of aromatic nitrogens is 4. The van der Waals surface area contributed by atoms with E-state index in [1.807, 2.05) is 0 Å². The smallest absolute Gasteiger partial charge is 0.258 e. The summed E-state index contributed by atoms with van der Waals surface area (Å²) in [4.78, 5) is 14.0. The fourth-order valence-corrected chi connectivity index (χ4v) is 5.54. The zero-order valence-corrected chi connectivity index (χ0v) is 16.6. The van der Waals surface area contributed by atoms with Gasteiger partial charge < -0.3 is 9.80 Å². The normalized spacial score (nSPS) is 32.1. The van der Waals surface area contributed by atoms with Crippen LogP contribution in [-0.2, 0) is 6.54 Å². The summed E-state index contributed by atoms with van der Waals surface area (Å²) < 4.78 is 26.9. The van der Waals surface area contributed by atoms with Crippen molar-refractivity contribution in [3.8, 4) is 0 Å². The van der Waals surface area contributed by atoms with Crippen molar-refractivity contribution in [3.63, 3.8) is 0 Å². The molecule has 8 heteroatoms. The predicted molar refractivity (Wildman–Crippen MR) is 104 cm³/mol. The van der Waals surface area contributed by atoms with E-state index in [1.54, 1.807) is 6.20 Å². The maximum atomic E-state index is 12.8. The van der Waals surface area contributed by atoms with Gasteiger partial charge in [-0.25, -0.2) is 23.4 Å². The van der Waals surface area contributed by atoms with Crippen LogP contribution in [0.1, 0.15) is 32.6 Å². The summed E-state index contributed by atoms with van der Waals surface area (Å²) in [5.41, 5.74) is 1.50. The molecule has 152 valence electrons. The van der Waals surface area contributed by atoms with Crippen molar-refractivity contribution in [2.75, 3.05) is 31.6 Å². The summed E-state index contributed by atoms with van der Waals surface area (Å²) in [6.07, 6.45) is 6.18. The molecule has 1 saturated heterocycles. The van der Waals surface area contributed by atoms with Gasteiger partial charge in [-0.1, -0.05) is 6.92 Å². The molecule has 3 heterocycles. The number of halogens is 2. The lowest BCUT2D eigenvalue weighted by Gasteiger charge is -2.66. The minimum Gasteiger partial charge on any atom is -0.355 e. The molecular formula is C20H28F2N6. The van der Waals surface area contributed by atoms with E-state index in [0.717, 1.165) is 31.4 Å². The van der Waals surface area contributed by atoms with E-state index in [2.05, 4.69) is 38.8 Å². The molecule has 4 aliphatic rings. The summed E-state index contributed by atoms with van der Waals surface area (Å²) in [5, 5.41) is 4.02. The van der Waals surface area contributed by atoms with Gasteiger partial charge in [0, 0.05) is 25.2 Å². The average Bonchev–Trinajstić information content (AvgIpc) is 2.93. The lowest BCUT2D eigenvalue weighted by atomic mass is 9.49.